The number of nitriles is 1. The molecule has 1 fully saturated rings. The monoisotopic (exact) mass is 411 g/mol. The molecule has 0 aliphatic heterocycles. The van der Waals surface area contributed by atoms with Crippen LogP contribution in [-0.2, 0) is 4.74 Å². The van der Waals surface area contributed by atoms with E-state index in [0.29, 0.717) is 10.2 Å². The Kier molecular flexibility index (Phi) is 6.28. The summed E-state index contributed by atoms with van der Waals surface area (Å²) in [6.07, 6.45) is 2.98. The molecule has 0 atom stereocenters. The van der Waals surface area contributed by atoms with Gasteiger partial charge >= 0.3 is 6.09 Å². The molecule has 0 unspecified atom stereocenters. The van der Waals surface area contributed by atoms with Gasteiger partial charge in [0.2, 0.25) is 0 Å². The number of carbonyl (C=O) groups excluding carboxylic acids is 1. The highest BCUT2D eigenvalue weighted by molar-refractivity contribution is 9.10. The van der Waals surface area contributed by atoms with E-state index >= 15 is 0 Å². The Hall–Kier alpha value is -1.81. The summed E-state index contributed by atoms with van der Waals surface area (Å²) in [5, 5.41) is 15.1. The first-order valence-corrected chi connectivity index (χ1v) is 9.12. The maximum Gasteiger partial charge on any atom is 0.407 e. The Morgan fingerprint density at radius 2 is 1.88 bits per heavy atom. The number of ether oxygens (including phenoxy) is 1. The van der Waals surface area contributed by atoms with Crippen LogP contribution in [0, 0.1) is 17.1 Å². The van der Waals surface area contributed by atoms with Gasteiger partial charge in [0.15, 0.2) is 0 Å². The summed E-state index contributed by atoms with van der Waals surface area (Å²) in [5.74, 6) is -0.534. The van der Waals surface area contributed by atoms with Crippen molar-refractivity contribution in [3.63, 3.8) is 0 Å². The molecule has 0 heterocycles. The van der Waals surface area contributed by atoms with Crippen LogP contribution in [-0.4, -0.2) is 23.8 Å². The zero-order chi connectivity index (χ0) is 18.6. The van der Waals surface area contributed by atoms with Crippen LogP contribution in [0.2, 0.25) is 0 Å². The lowest BCUT2D eigenvalue weighted by Gasteiger charge is -2.31. The predicted octanol–water partition coefficient (Wildman–Crippen LogP) is 4.71. The SMILES string of the molecule is CC(C)(C)OC(=O)NC1CCC(Nc2cc(F)c(C#N)cc2Br)CC1. The number of alkyl carbamates (subject to hydrolysis) is 1. The number of hydrogen-bond donors (Lipinski definition) is 2. The molecule has 5 nitrogen and oxygen atoms in total. The molecular formula is C18H23BrFN3O2. The van der Waals surface area contributed by atoms with Gasteiger partial charge in [-0.3, -0.25) is 0 Å². The van der Waals surface area contributed by atoms with Gasteiger partial charge in [0.25, 0.3) is 0 Å². The maximum absolute atomic E-state index is 13.8. The van der Waals surface area contributed by atoms with Crippen molar-refractivity contribution in [3.05, 3.63) is 28.0 Å². The molecule has 0 radical (unpaired) electrons. The van der Waals surface area contributed by atoms with E-state index in [2.05, 4.69) is 26.6 Å². The number of amides is 1. The van der Waals surface area contributed by atoms with E-state index < -0.39 is 11.4 Å². The van der Waals surface area contributed by atoms with E-state index in [9.17, 15) is 9.18 Å². The van der Waals surface area contributed by atoms with Crippen LogP contribution in [0.15, 0.2) is 16.6 Å². The Labute approximate surface area is 156 Å². The highest BCUT2D eigenvalue weighted by atomic mass is 79.9. The first-order chi connectivity index (χ1) is 11.7. The number of hydrogen-bond acceptors (Lipinski definition) is 4. The van der Waals surface area contributed by atoms with Gasteiger partial charge < -0.3 is 15.4 Å². The Bertz CT molecular complexity index is 674. The summed E-state index contributed by atoms with van der Waals surface area (Å²) >= 11 is 3.37. The highest BCUT2D eigenvalue weighted by Gasteiger charge is 2.25. The van der Waals surface area contributed by atoms with Crippen LogP contribution in [0.5, 0.6) is 0 Å². The van der Waals surface area contributed by atoms with Gasteiger partial charge in [-0.05, 0) is 74.5 Å². The number of halogens is 2. The van der Waals surface area contributed by atoms with Crippen LogP contribution in [0.3, 0.4) is 0 Å². The van der Waals surface area contributed by atoms with Gasteiger partial charge in [-0.25, -0.2) is 9.18 Å². The van der Waals surface area contributed by atoms with E-state index in [1.807, 2.05) is 26.8 Å². The van der Waals surface area contributed by atoms with Crippen LogP contribution in [0.4, 0.5) is 14.9 Å². The van der Waals surface area contributed by atoms with Crippen LogP contribution >= 0.6 is 15.9 Å². The molecule has 1 aliphatic carbocycles. The minimum Gasteiger partial charge on any atom is -0.444 e. The van der Waals surface area contributed by atoms with Crippen molar-refractivity contribution in [1.82, 2.24) is 5.32 Å². The number of nitrogens with zero attached hydrogens (tertiary/aromatic N) is 1. The lowest BCUT2D eigenvalue weighted by atomic mass is 9.91. The van der Waals surface area contributed by atoms with E-state index in [1.165, 1.54) is 12.1 Å². The third kappa shape index (κ3) is 5.89. The lowest BCUT2D eigenvalue weighted by Crippen LogP contribution is -2.42. The third-order valence-electron chi connectivity index (χ3n) is 3.98. The molecule has 136 valence electrons. The molecular weight excluding hydrogens is 389 g/mol. The molecule has 1 aromatic carbocycles. The van der Waals surface area contributed by atoms with Crippen molar-refractivity contribution in [2.24, 2.45) is 0 Å². The molecule has 1 amide bonds. The second kappa shape index (κ2) is 8.05. The summed E-state index contributed by atoms with van der Waals surface area (Å²) in [6, 6.07) is 4.93. The molecule has 2 rings (SSSR count). The zero-order valence-corrected chi connectivity index (χ0v) is 16.2. The zero-order valence-electron chi connectivity index (χ0n) is 14.7. The standard InChI is InChI=1S/C18H23BrFN3O2/c1-18(2,3)25-17(24)23-13-6-4-12(5-7-13)22-16-9-15(20)11(10-21)8-14(16)19/h8-9,12-13,22H,4-7H2,1-3H3,(H,23,24). The summed E-state index contributed by atoms with van der Waals surface area (Å²) < 4.78 is 19.7. The topological polar surface area (TPSA) is 74.2 Å². The normalized spacial score (nSPS) is 20.5. The van der Waals surface area contributed by atoms with E-state index in [0.717, 1.165) is 25.7 Å². The summed E-state index contributed by atoms with van der Waals surface area (Å²) in [6.45, 7) is 5.51. The highest BCUT2D eigenvalue weighted by Crippen LogP contribution is 2.29. The van der Waals surface area contributed by atoms with Gasteiger partial charge in [-0.1, -0.05) is 0 Å². The van der Waals surface area contributed by atoms with Crippen LogP contribution < -0.4 is 10.6 Å². The smallest absolute Gasteiger partial charge is 0.407 e. The van der Waals surface area contributed by atoms with Crippen molar-refractivity contribution in [3.8, 4) is 6.07 Å². The van der Waals surface area contributed by atoms with Crippen molar-refractivity contribution in [2.75, 3.05) is 5.32 Å². The van der Waals surface area contributed by atoms with Crippen molar-refractivity contribution < 1.29 is 13.9 Å². The van der Waals surface area contributed by atoms with Crippen LogP contribution in [0.1, 0.15) is 52.0 Å². The van der Waals surface area contributed by atoms with E-state index in [4.69, 9.17) is 10.00 Å². The molecule has 0 spiro atoms. The molecule has 1 saturated carbocycles. The minimum absolute atomic E-state index is 0.0164. The van der Waals surface area contributed by atoms with E-state index in [-0.39, 0.29) is 23.7 Å². The van der Waals surface area contributed by atoms with Crippen LogP contribution in [0.25, 0.3) is 0 Å². The van der Waals surface area contributed by atoms with Crippen molar-refractivity contribution in [2.45, 2.75) is 64.1 Å². The quantitative estimate of drug-likeness (QED) is 0.754. The summed E-state index contributed by atoms with van der Waals surface area (Å²) in [7, 11) is 0. The Morgan fingerprint density at radius 1 is 1.28 bits per heavy atom. The molecule has 1 aromatic rings. The summed E-state index contributed by atoms with van der Waals surface area (Å²) in [4.78, 5) is 11.8. The van der Waals surface area contributed by atoms with Crippen molar-refractivity contribution in [1.29, 1.82) is 5.26 Å². The average Bonchev–Trinajstić information content (AvgIpc) is 2.50. The Morgan fingerprint density at radius 3 is 2.44 bits per heavy atom. The number of anilines is 1. The van der Waals surface area contributed by atoms with Crippen molar-refractivity contribution >= 4 is 27.7 Å². The molecule has 7 heteroatoms. The first-order valence-electron chi connectivity index (χ1n) is 8.33. The van der Waals surface area contributed by atoms with E-state index in [1.54, 1.807) is 0 Å². The van der Waals surface area contributed by atoms with Gasteiger partial charge in [-0.2, -0.15) is 5.26 Å². The van der Waals surface area contributed by atoms with Gasteiger partial charge in [-0.15, -0.1) is 0 Å². The molecule has 1 aliphatic rings. The number of benzene rings is 1. The van der Waals surface area contributed by atoms with Gasteiger partial charge in [0, 0.05) is 16.6 Å². The first kappa shape index (κ1) is 19.5. The fraction of sp³-hybridized carbons (Fsp3) is 0.556. The maximum atomic E-state index is 13.8. The summed E-state index contributed by atoms with van der Waals surface area (Å²) in [5.41, 5.74) is 0.150. The second-order valence-electron chi connectivity index (χ2n) is 7.26. The van der Waals surface area contributed by atoms with Gasteiger partial charge in [0.1, 0.15) is 17.5 Å². The Balaban J connectivity index is 1.86. The number of nitrogens with one attached hydrogen (secondary N) is 2. The molecule has 0 saturated heterocycles. The average molecular weight is 412 g/mol. The van der Waals surface area contributed by atoms with Gasteiger partial charge in [0.05, 0.1) is 11.3 Å². The third-order valence-corrected chi connectivity index (χ3v) is 4.64. The second-order valence-corrected chi connectivity index (χ2v) is 8.12. The molecule has 0 bridgehead atoms. The number of carbonyl (C=O) groups is 1. The largest absolute Gasteiger partial charge is 0.444 e. The number of rotatable bonds is 3. The predicted molar refractivity (Wildman–Crippen MR) is 97.9 cm³/mol. The fourth-order valence-electron chi connectivity index (χ4n) is 2.82. The molecule has 2 N–H and O–H groups in total. The lowest BCUT2D eigenvalue weighted by molar-refractivity contribution is 0.0492. The molecule has 0 aromatic heterocycles. The fourth-order valence-corrected chi connectivity index (χ4v) is 3.28. The molecule has 25 heavy (non-hydrogen) atoms. The minimum atomic E-state index is -0.534.